The van der Waals surface area contributed by atoms with Crippen LogP contribution in [0.4, 0.5) is 13.2 Å². The van der Waals surface area contributed by atoms with E-state index in [1.54, 1.807) is 6.07 Å². The van der Waals surface area contributed by atoms with Crippen molar-refractivity contribution in [2.24, 2.45) is 10.7 Å². The Labute approximate surface area is 237 Å². The number of nitrogens with two attached hydrogens (primary N) is 1. The van der Waals surface area contributed by atoms with Crippen LogP contribution in [0.25, 0.3) is 0 Å². The molecule has 0 spiro atoms. The lowest BCUT2D eigenvalue weighted by molar-refractivity contribution is -0.137. The summed E-state index contributed by atoms with van der Waals surface area (Å²) >= 11 is 14.3. The molecule has 2 atom stereocenters. The summed E-state index contributed by atoms with van der Waals surface area (Å²) in [6.45, 7) is 7.05. The van der Waals surface area contributed by atoms with Crippen molar-refractivity contribution in [3.63, 3.8) is 0 Å². The van der Waals surface area contributed by atoms with Gasteiger partial charge in [-0.15, -0.1) is 0 Å². The third-order valence-corrected chi connectivity index (χ3v) is 8.63. The maximum atomic E-state index is 13.1. The summed E-state index contributed by atoms with van der Waals surface area (Å²) in [5.74, 6) is 0.198. The fourth-order valence-electron chi connectivity index (χ4n) is 5.62. The minimum Gasteiger partial charge on any atom is -0.370 e. The quantitative estimate of drug-likeness (QED) is 0.399. The van der Waals surface area contributed by atoms with Gasteiger partial charge in [-0.1, -0.05) is 71.7 Å². The first kappa shape index (κ1) is 28.4. The molecule has 0 aliphatic carbocycles. The summed E-state index contributed by atoms with van der Waals surface area (Å²) in [7, 11) is 0. The van der Waals surface area contributed by atoms with Crippen LogP contribution in [0, 0.1) is 0 Å². The van der Waals surface area contributed by atoms with E-state index in [4.69, 9.17) is 28.9 Å². The predicted octanol–water partition coefficient (Wildman–Crippen LogP) is 3.73. The number of nitrogens with one attached hydrogen (secondary N) is 1. The van der Waals surface area contributed by atoms with Gasteiger partial charge >= 0.3 is 6.18 Å². The number of alkyl halides is 5. The Morgan fingerprint density at radius 1 is 0.795 bits per heavy atom. The molecule has 3 N–H and O–H groups in total. The van der Waals surface area contributed by atoms with E-state index >= 15 is 0 Å². The Morgan fingerprint density at radius 2 is 1.36 bits per heavy atom. The van der Waals surface area contributed by atoms with Gasteiger partial charge in [0.05, 0.1) is 12.0 Å². The molecule has 39 heavy (non-hydrogen) atoms. The molecule has 5 rings (SSSR count). The van der Waals surface area contributed by atoms with Gasteiger partial charge in [0.15, 0.2) is 16.2 Å². The third-order valence-electron chi connectivity index (χ3n) is 7.71. The molecule has 0 aromatic heterocycles. The van der Waals surface area contributed by atoms with Crippen molar-refractivity contribution < 1.29 is 13.2 Å². The highest BCUT2D eigenvalue weighted by Gasteiger charge is 2.51. The van der Waals surface area contributed by atoms with Crippen LogP contribution in [0.3, 0.4) is 0 Å². The lowest BCUT2D eigenvalue weighted by Crippen LogP contribution is -2.69. The topological polar surface area (TPSA) is 63.4 Å². The largest absolute Gasteiger partial charge is 0.416 e. The van der Waals surface area contributed by atoms with Gasteiger partial charge in [-0.05, 0) is 17.2 Å². The van der Waals surface area contributed by atoms with E-state index in [9.17, 15) is 13.2 Å². The Bertz CT molecular complexity index is 1150. The predicted molar refractivity (Wildman–Crippen MR) is 148 cm³/mol. The number of piperazine rings is 2. The first-order chi connectivity index (χ1) is 18.5. The van der Waals surface area contributed by atoms with Crippen molar-refractivity contribution in [3.8, 4) is 0 Å². The molecule has 12 heteroatoms. The Kier molecular flexibility index (Phi) is 8.33. The van der Waals surface area contributed by atoms with E-state index in [1.165, 1.54) is 17.7 Å². The molecule has 2 aromatic rings. The molecule has 3 aliphatic rings. The molecule has 3 heterocycles. The van der Waals surface area contributed by atoms with Crippen LogP contribution in [0.5, 0.6) is 0 Å². The maximum absolute atomic E-state index is 13.1. The number of nitrogens with zero attached hydrogens (tertiary/aromatic N) is 5. The monoisotopic (exact) mass is 583 g/mol. The van der Waals surface area contributed by atoms with Crippen LogP contribution < -0.4 is 11.1 Å². The normalized spacial score (nSPS) is 28.2. The van der Waals surface area contributed by atoms with E-state index in [2.05, 4.69) is 54.2 Å². The summed E-state index contributed by atoms with van der Waals surface area (Å²) in [5, 5.41) is 1.06. The highest BCUT2D eigenvalue weighted by atomic mass is 35.5. The van der Waals surface area contributed by atoms with Gasteiger partial charge < -0.3 is 11.1 Å². The van der Waals surface area contributed by atoms with Crippen molar-refractivity contribution in [2.75, 3.05) is 52.4 Å². The molecule has 2 fully saturated rings. The third kappa shape index (κ3) is 6.81. The summed E-state index contributed by atoms with van der Waals surface area (Å²) in [6.07, 6.45) is -4.02. The van der Waals surface area contributed by atoms with Crippen LogP contribution in [0.1, 0.15) is 23.1 Å². The van der Waals surface area contributed by atoms with Crippen molar-refractivity contribution in [1.82, 2.24) is 24.9 Å². The number of aliphatic imine (C=N–C) groups is 1. The van der Waals surface area contributed by atoms with Crippen molar-refractivity contribution in [2.45, 2.75) is 35.9 Å². The number of guanidine groups is 1. The molecule has 7 nitrogen and oxygen atoms in total. The minimum atomic E-state index is -4.35. The molecular weight excluding hydrogens is 550 g/mol. The fraction of sp³-hybridized carbons (Fsp3) is 0.519. The zero-order valence-electron chi connectivity index (χ0n) is 21.7. The van der Waals surface area contributed by atoms with Crippen LogP contribution in [-0.2, 0) is 19.3 Å². The van der Waals surface area contributed by atoms with E-state index in [1.807, 2.05) is 6.07 Å². The molecule has 0 radical (unpaired) electrons. The van der Waals surface area contributed by atoms with Crippen LogP contribution in [0.2, 0.25) is 0 Å². The fourth-order valence-corrected chi connectivity index (χ4v) is 6.59. The summed E-state index contributed by atoms with van der Waals surface area (Å²) in [6, 6.07) is 15.9. The molecule has 3 aliphatic heterocycles. The molecular formula is C27H34Cl2F3N7. The lowest BCUT2D eigenvalue weighted by Gasteiger charge is -2.51. The molecule has 2 unspecified atom stereocenters. The molecule has 0 bridgehead atoms. The van der Waals surface area contributed by atoms with Crippen LogP contribution >= 0.6 is 23.2 Å². The molecule has 0 saturated carbocycles. The number of halogens is 5. The van der Waals surface area contributed by atoms with E-state index in [-0.39, 0.29) is 5.96 Å². The highest BCUT2D eigenvalue weighted by molar-refractivity contribution is 6.28. The van der Waals surface area contributed by atoms with Gasteiger partial charge in [0, 0.05) is 65.4 Å². The maximum Gasteiger partial charge on any atom is 0.416 e. The van der Waals surface area contributed by atoms with E-state index < -0.39 is 22.0 Å². The van der Waals surface area contributed by atoms with Crippen molar-refractivity contribution in [3.05, 3.63) is 71.3 Å². The van der Waals surface area contributed by atoms with E-state index in [0.29, 0.717) is 44.7 Å². The van der Waals surface area contributed by atoms with Crippen molar-refractivity contribution >= 4 is 29.2 Å². The first-order valence-electron chi connectivity index (χ1n) is 13.2. The van der Waals surface area contributed by atoms with Gasteiger partial charge in [-0.25, -0.2) is 4.99 Å². The Morgan fingerprint density at radius 3 is 1.97 bits per heavy atom. The molecule has 0 amide bonds. The highest BCUT2D eigenvalue weighted by Crippen LogP contribution is 2.40. The zero-order chi connectivity index (χ0) is 27.7. The molecule has 212 valence electrons. The van der Waals surface area contributed by atoms with Crippen LogP contribution in [-0.4, -0.2) is 88.2 Å². The standard InChI is InChI=1S/C27H34Cl2F3N7/c28-25(38-13-9-36(10-14-38)18-21-5-2-1-3-6-21)20-26(29,35-24(33)34-25)39-15-11-37(12-16-39)19-22-7-4-8-23(17-22)27(30,31)32/h1-8,17H,9-16,18-20H2,(H3,33,34,35). The summed E-state index contributed by atoms with van der Waals surface area (Å²) in [5.41, 5.74) is 7.50. The Hall–Kier alpha value is -2.08. The van der Waals surface area contributed by atoms with Gasteiger partial charge in [0.1, 0.15) is 0 Å². The summed E-state index contributed by atoms with van der Waals surface area (Å²) < 4.78 is 39.3. The second-order valence-electron chi connectivity index (χ2n) is 10.5. The van der Waals surface area contributed by atoms with Gasteiger partial charge in [0.25, 0.3) is 0 Å². The van der Waals surface area contributed by atoms with Gasteiger partial charge in [-0.2, -0.15) is 13.2 Å². The van der Waals surface area contributed by atoms with Crippen LogP contribution in [0.15, 0.2) is 59.6 Å². The first-order valence-corrected chi connectivity index (χ1v) is 13.9. The molecule has 2 saturated heterocycles. The summed E-state index contributed by atoms with van der Waals surface area (Å²) in [4.78, 5) is 13.4. The smallest absolute Gasteiger partial charge is 0.370 e. The number of rotatable bonds is 6. The number of hydrogen-bond acceptors (Lipinski definition) is 7. The second-order valence-corrected chi connectivity index (χ2v) is 11.7. The average molecular weight is 585 g/mol. The average Bonchev–Trinajstić information content (AvgIpc) is 2.89. The number of benzene rings is 2. The van der Waals surface area contributed by atoms with Crippen molar-refractivity contribution in [1.29, 1.82) is 0 Å². The SMILES string of the molecule is NC1=NC(Cl)(N2CCN(Cc3ccccc3)CC2)CC(Cl)(N2CCN(Cc3cccc(C(F)(F)F)c3)CC2)N1. The Balaban J connectivity index is 1.17. The minimum absolute atomic E-state index is 0.198. The number of hydrogen-bond donors (Lipinski definition) is 2. The molecule has 2 aromatic carbocycles. The zero-order valence-corrected chi connectivity index (χ0v) is 23.2. The van der Waals surface area contributed by atoms with Gasteiger partial charge in [0.2, 0.25) is 0 Å². The van der Waals surface area contributed by atoms with Gasteiger partial charge in [-0.3, -0.25) is 19.6 Å². The second kappa shape index (κ2) is 11.4. The lowest BCUT2D eigenvalue weighted by atomic mass is 10.1. The van der Waals surface area contributed by atoms with E-state index in [0.717, 1.165) is 38.8 Å².